The van der Waals surface area contributed by atoms with E-state index in [0.717, 1.165) is 23.6 Å². The average molecular weight is 359 g/mol. The molecule has 0 atom stereocenters. The van der Waals surface area contributed by atoms with E-state index >= 15 is 0 Å². The first-order valence-corrected chi connectivity index (χ1v) is 9.17. The van der Waals surface area contributed by atoms with Crippen LogP contribution in [0, 0.1) is 6.92 Å². The first kappa shape index (κ1) is 18.6. The predicted octanol–water partition coefficient (Wildman–Crippen LogP) is 5.06. The summed E-state index contributed by atoms with van der Waals surface area (Å²) in [5.41, 5.74) is 3.75. The van der Waals surface area contributed by atoms with Crippen molar-refractivity contribution in [1.82, 2.24) is 4.98 Å². The predicted molar refractivity (Wildman–Crippen MR) is 111 cm³/mol. The molecule has 27 heavy (non-hydrogen) atoms. The van der Waals surface area contributed by atoms with Gasteiger partial charge in [-0.05, 0) is 50.6 Å². The van der Waals surface area contributed by atoms with Crippen molar-refractivity contribution in [1.29, 1.82) is 0 Å². The Hall–Kier alpha value is -3.14. The summed E-state index contributed by atoms with van der Waals surface area (Å²) in [6.07, 6.45) is 1.69. The molecule has 0 spiro atoms. The van der Waals surface area contributed by atoms with Crippen molar-refractivity contribution >= 4 is 17.4 Å². The highest BCUT2D eigenvalue weighted by Gasteiger charge is 2.15. The number of anilines is 2. The molecule has 0 bridgehead atoms. The van der Waals surface area contributed by atoms with Crippen LogP contribution in [0.2, 0.25) is 0 Å². The zero-order chi connectivity index (χ0) is 19.2. The van der Waals surface area contributed by atoms with Gasteiger partial charge in [0.2, 0.25) is 0 Å². The van der Waals surface area contributed by atoms with Gasteiger partial charge in [-0.1, -0.05) is 48.0 Å². The Bertz CT molecular complexity index is 889. The molecule has 138 valence electrons. The van der Waals surface area contributed by atoms with Gasteiger partial charge in [0.25, 0.3) is 5.91 Å². The minimum atomic E-state index is -0.133. The second-order valence-electron chi connectivity index (χ2n) is 6.93. The Morgan fingerprint density at radius 2 is 1.74 bits per heavy atom. The highest BCUT2D eigenvalue weighted by molar-refractivity contribution is 6.04. The van der Waals surface area contributed by atoms with E-state index in [0.29, 0.717) is 5.56 Å². The number of pyridine rings is 1. The number of carbonyl (C=O) groups is 1. The molecule has 1 aromatic heterocycles. The number of aromatic nitrogens is 1. The van der Waals surface area contributed by atoms with Crippen LogP contribution in [0.15, 0.2) is 72.9 Å². The molecule has 0 radical (unpaired) electrons. The lowest BCUT2D eigenvalue weighted by molar-refractivity contribution is 0.102. The fraction of sp³-hybridized carbons (Fsp3) is 0.217. The van der Waals surface area contributed by atoms with Crippen LogP contribution in [0.1, 0.15) is 35.3 Å². The molecule has 0 aliphatic heterocycles. The number of rotatable bonds is 6. The number of hydrogen-bond donors (Lipinski definition) is 1. The lowest BCUT2D eigenvalue weighted by atomic mass is 10.1. The van der Waals surface area contributed by atoms with Crippen LogP contribution in [-0.4, -0.2) is 16.9 Å². The fourth-order valence-corrected chi connectivity index (χ4v) is 2.87. The van der Waals surface area contributed by atoms with Gasteiger partial charge in [-0.2, -0.15) is 0 Å². The minimum Gasteiger partial charge on any atom is -0.350 e. The van der Waals surface area contributed by atoms with Crippen molar-refractivity contribution in [2.24, 2.45) is 0 Å². The van der Waals surface area contributed by atoms with Gasteiger partial charge in [0.05, 0.1) is 0 Å². The van der Waals surface area contributed by atoms with Crippen LogP contribution in [0.5, 0.6) is 0 Å². The third-order valence-electron chi connectivity index (χ3n) is 4.43. The molecular weight excluding hydrogens is 334 g/mol. The number of nitrogens with zero attached hydrogens (tertiary/aromatic N) is 2. The van der Waals surface area contributed by atoms with Gasteiger partial charge in [-0.25, -0.2) is 4.98 Å². The molecule has 3 aromatic rings. The molecule has 0 unspecified atom stereocenters. The van der Waals surface area contributed by atoms with E-state index in [2.05, 4.69) is 41.2 Å². The van der Waals surface area contributed by atoms with E-state index in [-0.39, 0.29) is 11.9 Å². The Morgan fingerprint density at radius 3 is 2.41 bits per heavy atom. The summed E-state index contributed by atoms with van der Waals surface area (Å²) in [6.45, 7) is 7.02. The summed E-state index contributed by atoms with van der Waals surface area (Å²) in [4.78, 5) is 19.3. The van der Waals surface area contributed by atoms with E-state index in [1.54, 1.807) is 12.3 Å². The molecule has 0 saturated heterocycles. The number of aryl methyl sites for hydroxylation is 1. The Balaban J connectivity index is 1.80. The van der Waals surface area contributed by atoms with Crippen LogP contribution >= 0.6 is 0 Å². The van der Waals surface area contributed by atoms with Crippen molar-refractivity contribution in [2.45, 2.75) is 33.4 Å². The first-order valence-electron chi connectivity index (χ1n) is 9.17. The lowest BCUT2D eigenvalue weighted by Gasteiger charge is -2.28. The van der Waals surface area contributed by atoms with E-state index in [1.807, 2.05) is 55.5 Å². The SMILES string of the molecule is Cc1ccc(NC(=O)c2ccnc(N(Cc3ccccc3)C(C)C)c2)cc1. The highest BCUT2D eigenvalue weighted by Crippen LogP contribution is 2.20. The number of nitrogens with one attached hydrogen (secondary N) is 1. The summed E-state index contributed by atoms with van der Waals surface area (Å²) in [7, 11) is 0. The number of amides is 1. The van der Waals surface area contributed by atoms with Crippen molar-refractivity contribution in [2.75, 3.05) is 10.2 Å². The summed E-state index contributed by atoms with van der Waals surface area (Å²) >= 11 is 0. The van der Waals surface area contributed by atoms with Crippen LogP contribution in [0.3, 0.4) is 0 Å². The molecule has 0 fully saturated rings. The standard InChI is InChI=1S/C23H25N3O/c1-17(2)26(16-19-7-5-4-6-8-19)22-15-20(13-14-24-22)23(27)25-21-11-9-18(3)10-12-21/h4-15,17H,16H2,1-3H3,(H,25,27). The monoisotopic (exact) mass is 359 g/mol. The van der Waals surface area contributed by atoms with Gasteiger partial charge in [-0.3, -0.25) is 4.79 Å². The molecule has 0 aliphatic carbocycles. The minimum absolute atomic E-state index is 0.133. The van der Waals surface area contributed by atoms with Gasteiger partial charge in [0.15, 0.2) is 0 Å². The van der Waals surface area contributed by atoms with Crippen LogP contribution < -0.4 is 10.2 Å². The molecular formula is C23H25N3O. The van der Waals surface area contributed by atoms with Crippen molar-refractivity contribution in [3.05, 3.63) is 89.6 Å². The lowest BCUT2D eigenvalue weighted by Crippen LogP contribution is -2.31. The zero-order valence-corrected chi connectivity index (χ0v) is 16.0. The van der Waals surface area contributed by atoms with Crippen LogP contribution in [0.4, 0.5) is 11.5 Å². The maximum atomic E-state index is 12.6. The second kappa shape index (κ2) is 8.49. The third-order valence-corrected chi connectivity index (χ3v) is 4.43. The summed E-state index contributed by atoms with van der Waals surface area (Å²) < 4.78 is 0. The summed E-state index contributed by atoms with van der Waals surface area (Å²) in [6, 6.07) is 21.9. The Morgan fingerprint density at radius 1 is 1.04 bits per heavy atom. The van der Waals surface area contributed by atoms with Gasteiger partial charge in [0, 0.05) is 30.0 Å². The third kappa shape index (κ3) is 4.94. The molecule has 0 aliphatic rings. The topological polar surface area (TPSA) is 45.2 Å². The van der Waals surface area contributed by atoms with E-state index in [9.17, 15) is 4.79 Å². The largest absolute Gasteiger partial charge is 0.350 e. The molecule has 1 amide bonds. The summed E-state index contributed by atoms with van der Waals surface area (Å²) in [5.74, 6) is 0.663. The Kier molecular flexibility index (Phi) is 5.87. The van der Waals surface area contributed by atoms with E-state index in [1.165, 1.54) is 5.56 Å². The normalized spacial score (nSPS) is 10.7. The highest BCUT2D eigenvalue weighted by atomic mass is 16.1. The number of carbonyl (C=O) groups excluding carboxylic acids is 1. The summed E-state index contributed by atoms with van der Waals surface area (Å²) in [5, 5.41) is 2.95. The number of hydrogen-bond acceptors (Lipinski definition) is 3. The quantitative estimate of drug-likeness (QED) is 0.669. The van der Waals surface area contributed by atoms with Crippen LogP contribution in [0.25, 0.3) is 0 Å². The smallest absolute Gasteiger partial charge is 0.255 e. The first-order chi connectivity index (χ1) is 13.0. The number of benzene rings is 2. The van der Waals surface area contributed by atoms with Crippen LogP contribution in [-0.2, 0) is 6.54 Å². The second-order valence-corrected chi connectivity index (χ2v) is 6.93. The zero-order valence-electron chi connectivity index (χ0n) is 16.0. The maximum absolute atomic E-state index is 12.6. The molecule has 1 N–H and O–H groups in total. The van der Waals surface area contributed by atoms with Crippen molar-refractivity contribution in [3.63, 3.8) is 0 Å². The van der Waals surface area contributed by atoms with Gasteiger partial charge >= 0.3 is 0 Å². The van der Waals surface area contributed by atoms with Crippen molar-refractivity contribution < 1.29 is 4.79 Å². The molecule has 0 saturated carbocycles. The maximum Gasteiger partial charge on any atom is 0.255 e. The molecule has 4 heteroatoms. The average Bonchev–Trinajstić information content (AvgIpc) is 2.68. The van der Waals surface area contributed by atoms with Gasteiger partial charge in [-0.15, -0.1) is 0 Å². The molecule has 4 nitrogen and oxygen atoms in total. The van der Waals surface area contributed by atoms with Gasteiger partial charge < -0.3 is 10.2 Å². The fourth-order valence-electron chi connectivity index (χ4n) is 2.87. The Labute approximate surface area is 160 Å². The molecule has 3 rings (SSSR count). The molecule has 2 aromatic carbocycles. The molecule has 1 heterocycles. The van der Waals surface area contributed by atoms with Crippen molar-refractivity contribution in [3.8, 4) is 0 Å². The van der Waals surface area contributed by atoms with E-state index < -0.39 is 0 Å². The van der Waals surface area contributed by atoms with E-state index in [4.69, 9.17) is 0 Å². The van der Waals surface area contributed by atoms with Gasteiger partial charge in [0.1, 0.15) is 5.82 Å².